The second-order valence-corrected chi connectivity index (χ2v) is 14.9. The summed E-state index contributed by atoms with van der Waals surface area (Å²) in [6.45, 7) is 0. The Hall–Kier alpha value is -8.09. The standard InChI is InChI=1S/C54H36N6/c1-4-14-35(15-5-1)46-34-48(57-51-45(46)29-27-38-28-30-47(56-50(38)51)36-16-6-2-7-17-36)41-22-11-24-43(33-41)54-59-52(39-18-8-3-9-19-39)58-53(60-54)42-23-10-21-40(32-42)44-26-12-20-37-25-13-31-55-49(37)44/h1-34,53H,(H,58,59,60). The molecule has 60 heavy (non-hydrogen) atoms. The van der Waals surface area contributed by atoms with Gasteiger partial charge in [-0.3, -0.25) is 4.98 Å². The third-order valence-corrected chi connectivity index (χ3v) is 11.1. The molecule has 10 aromatic rings. The number of pyridine rings is 3. The van der Waals surface area contributed by atoms with Gasteiger partial charge < -0.3 is 5.32 Å². The molecule has 1 unspecified atom stereocenters. The number of hydrogen-bond donors (Lipinski definition) is 1. The summed E-state index contributed by atoms with van der Waals surface area (Å²) < 4.78 is 0. The summed E-state index contributed by atoms with van der Waals surface area (Å²) in [6.07, 6.45) is 1.46. The SMILES string of the molecule is c1ccc(C2=NC(c3cccc(-c4cccc5cccnc45)c3)NC(c3cccc(-c4cc(-c5ccccc5)c5ccc6ccc(-c7ccccc7)nc6c5n4)c3)=N2)cc1. The average Bonchev–Trinajstić information content (AvgIpc) is 3.34. The number of aliphatic imine (C=N–C) groups is 2. The fraction of sp³-hybridized carbons (Fsp3) is 0.0185. The molecule has 0 aliphatic carbocycles. The molecular formula is C54H36N6. The van der Waals surface area contributed by atoms with E-state index in [0.29, 0.717) is 5.84 Å². The molecule has 0 saturated carbocycles. The topological polar surface area (TPSA) is 75.4 Å². The summed E-state index contributed by atoms with van der Waals surface area (Å²) in [7, 11) is 0. The van der Waals surface area contributed by atoms with Crippen LogP contribution in [0.3, 0.4) is 0 Å². The minimum atomic E-state index is -0.390. The number of hydrogen-bond acceptors (Lipinski definition) is 6. The van der Waals surface area contributed by atoms with Crippen LogP contribution in [-0.4, -0.2) is 26.6 Å². The molecule has 1 N–H and O–H groups in total. The molecule has 4 heterocycles. The average molecular weight is 769 g/mol. The highest BCUT2D eigenvalue weighted by Gasteiger charge is 2.23. The Morgan fingerprint density at radius 1 is 0.400 bits per heavy atom. The number of nitrogens with zero attached hydrogens (tertiary/aromatic N) is 5. The second kappa shape index (κ2) is 15.0. The molecule has 0 amide bonds. The third kappa shape index (κ3) is 6.56. The normalized spacial score (nSPS) is 13.8. The van der Waals surface area contributed by atoms with Crippen molar-refractivity contribution in [2.75, 3.05) is 0 Å². The molecule has 0 saturated heterocycles. The van der Waals surface area contributed by atoms with Crippen molar-refractivity contribution in [3.63, 3.8) is 0 Å². The van der Waals surface area contributed by atoms with Gasteiger partial charge >= 0.3 is 0 Å². The molecule has 1 aliphatic heterocycles. The zero-order valence-electron chi connectivity index (χ0n) is 32.4. The van der Waals surface area contributed by atoms with Gasteiger partial charge in [-0.1, -0.05) is 170 Å². The van der Waals surface area contributed by atoms with Crippen LogP contribution in [-0.2, 0) is 0 Å². The Kier molecular flexibility index (Phi) is 8.78. The van der Waals surface area contributed by atoms with Gasteiger partial charge in [0.2, 0.25) is 0 Å². The first-order chi connectivity index (χ1) is 29.7. The molecule has 0 radical (unpaired) electrons. The van der Waals surface area contributed by atoms with Gasteiger partial charge in [0, 0.05) is 50.2 Å². The maximum atomic E-state index is 5.41. The van der Waals surface area contributed by atoms with Crippen molar-refractivity contribution in [1.82, 2.24) is 20.3 Å². The smallest absolute Gasteiger partial charge is 0.159 e. The maximum absolute atomic E-state index is 5.41. The molecular weight excluding hydrogens is 733 g/mol. The summed E-state index contributed by atoms with van der Waals surface area (Å²) >= 11 is 0. The van der Waals surface area contributed by atoms with Gasteiger partial charge in [0.25, 0.3) is 0 Å². The van der Waals surface area contributed by atoms with Crippen LogP contribution in [0.5, 0.6) is 0 Å². The summed E-state index contributed by atoms with van der Waals surface area (Å²) in [5, 5.41) is 6.91. The molecule has 11 rings (SSSR count). The van der Waals surface area contributed by atoms with Crippen molar-refractivity contribution in [2.24, 2.45) is 9.98 Å². The lowest BCUT2D eigenvalue weighted by Gasteiger charge is -2.24. The van der Waals surface area contributed by atoms with Crippen LogP contribution in [0.25, 0.3) is 77.5 Å². The minimum absolute atomic E-state index is 0.390. The molecule has 6 heteroatoms. The van der Waals surface area contributed by atoms with Crippen LogP contribution in [0.1, 0.15) is 22.9 Å². The van der Waals surface area contributed by atoms with Gasteiger partial charge in [-0.25, -0.2) is 20.0 Å². The predicted octanol–water partition coefficient (Wildman–Crippen LogP) is 12.5. The number of fused-ring (bicyclic) bond motifs is 4. The zero-order chi connectivity index (χ0) is 39.8. The van der Waals surface area contributed by atoms with Crippen LogP contribution in [0.4, 0.5) is 0 Å². The van der Waals surface area contributed by atoms with Gasteiger partial charge in [-0.2, -0.15) is 0 Å². The monoisotopic (exact) mass is 768 g/mol. The summed E-state index contributed by atoms with van der Waals surface area (Å²) in [4.78, 5) is 25.8. The van der Waals surface area contributed by atoms with E-state index in [1.807, 2.05) is 48.7 Å². The Bertz CT molecular complexity index is 3280. The lowest BCUT2D eigenvalue weighted by Crippen LogP contribution is -2.33. The van der Waals surface area contributed by atoms with Crippen LogP contribution >= 0.6 is 0 Å². The maximum Gasteiger partial charge on any atom is 0.159 e. The highest BCUT2D eigenvalue weighted by molar-refractivity contribution is 6.14. The second-order valence-electron chi connectivity index (χ2n) is 14.9. The third-order valence-electron chi connectivity index (χ3n) is 11.1. The predicted molar refractivity (Wildman–Crippen MR) is 246 cm³/mol. The van der Waals surface area contributed by atoms with Gasteiger partial charge in [0.1, 0.15) is 12.0 Å². The number of rotatable bonds is 7. The fourth-order valence-corrected chi connectivity index (χ4v) is 8.17. The van der Waals surface area contributed by atoms with Gasteiger partial charge in [-0.15, -0.1) is 0 Å². The number of nitrogens with one attached hydrogen (secondary N) is 1. The van der Waals surface area contributed by atoms with Crippen molar-refractivity contribution < 1.29 is 0 Å². The van der Waals surface area contributed by atoms with E-state index in [2.05, 4.69) is 163 Å². The van der Waals surface area contributed by atoms with Gasteiger partial charge in [0.05, 0.1) is 27.9 Å². The van der Waals surface area contributed by atoms with Crippen LogP contribution in [0.15, 0.2) is 216 Å². The molecule has 282 valence electrons. The van der Waals surface area contributed by atoms with Crippen LogP contribution in [0.2, 0.25) is 0 Å². The molecule has 1 atom stereocenters. The minimum Gasteiger partial charge on any atom is -0.344 e. The number of aromatic nitrogens is 3. The Balaban J connectivity index is 1.03. The Labute approximate surface area is 347 Å². The van der Waals surface area contributed by atoms with E-state index in [-0.39, 0.29) is 6.17 Å². The van der Waals surface area contributed by atoms with E-state index < -0.39 is 0 Å². The van der Waals surface area contributed by atoms with Crippen molar-refractivity contribution in [2.45, 2.75) is 6.17 Å². The molecule has 0 spiro atoms. The Morgan fingerprint density at radius 3 is 1.88 bits per heavy atom. The van der Waals surface area contributed by atoms with E-state index in [4.69, 9.17) is 24.9 Å². The molecule has 1 aliphatic rings. The summed E-state index contributed by atoms with van der Waals surface area (Å²) in [6, 6.07) is 69.2. The van der Waals surface area contributed by atoms with Crippen LogP contribution < -0.4 is 5.32 Å². The quantitative estimate of drug-likeness (QED) is 0.164. The highest BCUT2D eigenvalue weighted by Crippen LogP contribution is 2.37. The van der Waals surface area contributed by atoms with Crippen LogP contribution in [0, 0.1) is 0 Å². The first-order valence-electron chi connectivity index (χ1n) is 20.1. The summed E-state index contributed by atoms with van der Waals surface area (Å²) in [5.74, 6) is 1.40. The van der Waals surface area contributed by atoms with Gasteiger partial charge in [0.15, 0.2) is 5.84 Å². The molecule has 6 nitrogen and oxygen atoms in total. The van der Waals surface area contributed by atoms with Crippen molar-refractivity contribution in [3.8, 4) is 44.8 Å². The lowest BCUT2D eigenvalue weighted by molar-refractivity contribution is 0.674. The van der Waals surface area contributed by atoms with Gasteiger partial charge in [-0.05, 0) is 52.6 Å². The van der Waals surface area contributed by atoms with E-state index in [9.17, 15) is 0 Å². The number of amidine groups is 2. The largest absolute Gasteiger partial charge is 0.344 e. The van der Waals surface area contributed by atoms with Crippen molar-refractivity contribution in [3.05, 3.63) is 223 Å². The fourth-order valence-electron chi connectivity index (χ4n) is 8.17. The highest BCUT2D eigenvalue weighted by atomic mass is 15.2. The summed E-state index contributed by atoms with van der Waals surface area (Å²) in [5.41, 5.74) is 13.8. The van der Waals surface area contributed by atoms with E-state index >= 15 is 0 Å². The van der Waals surface area contributed by atoms with E-state index in [1.54, 1.807) is 0 Å². The van der Waals surface area contributed by atoms with Crippen molar-refractivity contribution in [1.29, 1.82) is 0 Å². The molecule has 7 aromatic carbocycles. The molecule has 3 aromatic heterocycles. The first-order valence-corrected chi connectivity index (χ1v) is 20.1. The number of para-hydroxylation sites is 1. The molecule has 0 fully saturated rings. The first kappa shape index (κ1) is 35.1. The number of benzene rings is 7. The zero-order valence-corrected chi connectivity index (χ0v) is 32.4. The van der Waals surface area contributed by atoms with E-state index in [0.717, 1.165) is 100 Å². The Morgan fingerprint density at radius 2 is 1.05 bits per heavy atom. The van der Waals surface area contributed by atoms with E-state index in [1.165, 1.54) is 0 Å². The lowest BCUT2D eigenvalue weighted by atomic mass is 9.96. The van der Waals surface area contributed by atoms with Crippen molar-refractivity contribution >= 4 is 44.4 Å². The molecule has 0 bridgehead atoms.